The zero-order valence-electron chi connectivity index (χ0n) is 12.3. The Morgan fingerprint density at radius 1 is 1.26 bits per heavy atom. The highest BCUT2D eigenvalue weighted by Gasteiger charge is 2.47. The molecular formula is C17H25NO. The zero-order valence-corrected chi connectivity index (χ0v) is 12.3. The van der Waals surface area contributed by atoms with Crippen molar-refractivity contribution in [2.75, 3.05) is 13.7 Å². The number of fused-ring (bicyclic) bond motifs is 1. The maximum absolute atomic E-state index is 5.37. The third-order valence-corrected chi connectivity index (χ3v) is 4.95. The molecule has 0 heterocycles. The molecule has 0 radical (unpaired) electrons. The molecule has 3 rings (SSSR count). The summed E-state index contributed by atoms with van der Waals surface area (Å²) in [5, 5.41) is 3.71. The molecule has 0 saturated heterocycles. The van der Waals surface area contributed by atoms with Gasteiger partial charge in [-0.1, -0.05) is 19.1 Å². The minimum Gasteiger partial charge on any atom is -0.496 e. The summed E-state index contributed by atoms with van der Waals surface area (Å²) < 4.78 is 5.37. The Morgan fingerprint density at radius 3 is 2.58 bits per heavy atom. The third kappa shape index (κ3) is 2.51. The molecule has 0 aromatic heterocycles. The number of ether oxygens (including phenoxy) is 1. The number of aryl methyl sites for hydroxylation is 1. The maximum atomic E-state index is 5.37. The van der Waals surface area contributed by atoms with Gasteiger partial charge >= 0.3 is 0 Å². The fourth-order valence-electron chi connectivity index (χ4n) is 3.91. The third-order valence-electron chi connectivity index (χ3n) is 4.95. The molecule has 2 saturated carbocycles. The highest BCUT2D eigenvalue weighted by molar-refractivity contribution is 5.37. The summed E-state index contributed by atoms with van der Waals surface area (Å²) in [6, 6.07) is 7.19. The van der Waals surface area contributed by atoms with Crippen molar-refractivity contribution in [3.63, 3.8) is 0 Å². The standard InChI is InChI=1S/C17H25NO/c1-4-18-17(15-9-13-8-14(13)10-15)12-5-6-16(19-3)11(2)7-12/h5-7,13-15,17-18H,4,8-10H2,1-3H3. The van der Waals surface area contributed by atoms with Gasteiger partial charge in [0.15, 0.2) is 0 Å². The number of hydrogen-bond acceptors (Lipinski definition) is 2. The number of hydrogen-bond donors (Lipinski definition) is 1. The lowest BCUT2D eigenvalue weighted by molar-refractivity contribution is 0.346. The molecule has 0 aliphatic heterocycles. The number of rotatable bonds is 5. The first-order chi connectivity index (χ1) is 9.22. The van der Waals surface area contributed by atoms with Crippen LogP contribution in [0.5, 0.6) is 5.75 Å². The van der Waals surface area contributed by atoms with Gasteiger partial charge < -0.3 is 10.1 Å². The summed E-state index contributed by atoms with van der Waals surface area (Å²) in [6.45, 7) is 5.39. The second-order valence-electron chi connectivity index (χ2n) is 6.25. The van der Waals surface area contributed by atoms with Crippen molar-refractivity contribution in [3.05, 3.63) is 29.3 Å². The minimum absolute atomic E-state index is 0.530. The van der Waals surface area contributed by atoms with Crippen LogP contribution in [0.1, 0.15) is 43.4 Å². The number of benzene rings is 1. The predicted molar refractivity (Wildman–Crippen MR) is 78.5 cm³/mol. The molecule has 3 atom stereocenters. The van der Waals surface area contributed by atoms with Gasteiger partial charge in [-0.15, -0.1) is 0 Å². The summed E-state index contributed by atoms with van der Waals surface area (Å²) in [4.78, 5) is 0. The van der Waals surface area contributed by atoms with E-state index in [1.54, 1.807) is 7.11 Å². The van der Waals surface area contributed by atoms with Crippen LogP contribution in [0.15, 0.2) is 18.2 Å². The van der Waals surface area contributed by atoms with E-state index in [-0.39, 0.29) is 0 Å². The fraction of sp³-hybridized carbons (Fsp3) is 0.647. The van der Waals surface area contributed by atoms with Crippen LogP contribution in [0, 0.1) is 24.7 Å². The topological polar surface area (TPSA) is 21.3 Å². The van der Waals surface area contributed by atoms with Gasteiger partial charge in [0, 0.05) is 6.04 Å². The molecule has 2 aliphatic carbocycles. The summed E-state index contributed by atoms with van der Waals surface area (Å²) in [5.41, 5.74) is 2.68. The molecular weight excluding hydrogens is 234 g/mol. The maximum Gasteiger partial charge on any atom is 0.121 e. The lowest BCUT2D eigenvalue weighted by Gasteiger charge is -2.26. The van der Waals surface area contributed by atoms with Crippen molar-refractivity contribution < 1.29 is 4.74 Å². The van der Waals surface area contributed by atoms with Crippen LogP contribution < -0.4 is 10.1 Å². The van der Waals surface area contributed by atoms with Crippen LogP contribution in [0.3, 0.4) is 0 Å². The van der Waals surface area contributed by atoms with Gasteiger partial charge in [-0.05, 0) is 67.7 Å². The van der Waals surface area contributed by atoms with Crippen molar-refractivity contribution in [2.24, 2.45) is 17.8 Å². The van der Waals surface area contributed by atoms with Crippen LogP contribution in [0.25, 0.3) is 0 Å². The summed E-state index contributed by atoms with van der Waals surface area (Å²) in [5.74, 6) is 3.92. The first-order valence-corrected chi connectivity index (χ1v) is 7.60. The van der Waals surface area contributed by atoms with Crippen molar-refractivity contribution in [2.45, 2.75) is 39.2 Å². The quantitative estimate of drug-likeness (QED) is 0.870. The normalized spacial score (nSPS) is 29.9. The summed E-state index contributed by atoms with van der Waals surface area (Å²) >= 11 is 0. The van der Waals surface area contributed by atoms with Gasteiger partial charge in [-0.3, -0.25) is 0 Å². The van der Waals surface area contributed by atoms with Crippen molar-refractivity contribution in [1.29, 1.82) is 0 Å². The first-order valence-electron chi connectivity index (χ1n) is 7.60. The van der Waals surface area contributed by atoms with Crippen molar-refractivity contribution in [1.82, 2.24) is 5.32 Å². The van der Waals surface area contributed by atoms with Gasteiger partial charge in [0.25, 0.3) is 0 Å². The lowest BCUT2D eigenvalue weighted by atomic mass is 9.88. The molecule has 19 heavy (non-hydrogen) atoms. The van der Waals surface area contributed by atoms with E-state index < -0.39 is 0 Å². The number of methoxy groups -OCH3 is 1. The van der Waals surface area contributed by atoms with E-state index in [1.165, 1.54) is 30.4 Å². The van der Waals surface area contributed by atoms with Crippen LogP contribution in [-0.4, -0.2) is 13.7 Å². The summed E-state index contributed by atoms with van der Waals surface area (Å²) in [6.07, 6.45) is 4.35. The molecule has 2 nitrogen and oxygen atoms in total. The monoisotopic (exact) mass is 259 g/mol. The Labute approximate surface area is 116 Å². The molecule has 2 fully saturated rings. The number of nitrogens with one attached hydrogen (secondary N) is 1. The zero-order chi connectivity index (χ0) is 13.4. The average Bonchev–Trinajstić information content (AvgIpc) is 3.02. The molecule has 1 aromatic carbocycles. The van der Waals surface area contributed by atoms with Crippen LogP contribution in [0.4, 0.5) is 0 Å². The Kier molecular flexibility index (Phi) is 3.53. The second-order valence-corrected chi connectivity index (χ2v) is 6.25. The Morgan fingerprint density at radius 2 is 2.00 bits per heavy atom. The van der Waals surface area contributed by atoms with E-state index in [2.05, 4.69) is 37.4 Å². The van der Waals surface area contributed by atoms with E-state index in [0.717, 1.165) is 30.0 Å². The van der Waals surface area contributed by atoms with Crippen molar-refractivity contribution in [3.8, 4) is 5.75 Å². The molecule has 1 aromatic rings. The minimum atomic E-state index is 0.530. The average molecular weight is 259 g/mol. The molecule has 3 unspecified atom stereocenters. The lowest BCUT2D eigenvalue weighted by Crippen LogP contribution is -2.27. The molecule has 0 bridgehead atoms. The van der Waals surface area contributed by atoms with Gasteiger partial charge in [0.1, 0.15) is 5.75 Å². The predicted octanol–water partition coefficient (Wildman–Crippen LogP) is 3.70. The smallest absolute Gasteiger partial charge is 0.121 e. The van der Waals surface area contributed by atoms with Crippen LogP contribution in [0.2, 0.25) is 0 Å². The van der Waals surface area contributed by atoms with Crippen LogP contribution in [-0.2, 0) is 0 Å². The van der Waals surface area contributed by atoms with E-state index in [4.69, 9.17) is 4.74 Å². The van der Waals surface area contributed by atoms with E-state index in [9.17, 15) is 0 Å². The molecule has 2 aliphatic rings. The second kappa shape index (κ2) is 5.16. The summed E-state index contributed by atoms with van der Waals surface area (Å²) in [7, 11) is 1.74. The molecule has 0 amide bonds. The molecule has 0 spiro atoms. The molecule has 104 valence electrons. The van der Waals surface area contributed by atoms with Crippen LogP contribution >= 0.6 is 0 Å². The Bertz CT molecular complexity index is 447. The van der Waals surface area contributed by atoms with Gasteiger partial charge in [-0.2, -0.15) is 0 Å². The SMILES string of the molecule is CCNC(c1ccc(OC)c(C)c1)C1CC2CC2C1. The fourth-order valence-corrected chi connectivity index (χ4v) is 3.91. The first kappa shape index (κ1) is 13.0. The van der Waals surface area contributed by atoms with E-state index in [1.807, 2.05) is 0 Å². The largest absolute Gasteiger partial charge is 0.496 e. The van der Waals surface area contributed by atoms with Gasteiger partial charge in [0.2, 0.25) is 0 Å². The van der Waals surface area contributed by atoms with Crippen molar-refractivity contribution >= 4 is 0 Å². The van der Waals surface area contributed by atoms with Gasteiger partial charge in [-0.25, -0.2) is 0 Å². The van der Waals surface area contributed by atoms with E-state index in [0.29, 0.717) is 6.04 Å². The molecule has 2 heteroatoms. The van der Waals surface area contributed by atoms with Gasteiger partial charge in [0.05, 0.1) is 7.11 Å². The Balaban J connectivity index is 1.80. The van der Waals surface area contributed by atoms with E-state index >= 15 is 0 Å². The highest BCUT2D eigenvalue weighted by Crippen LogP contribution is 2.57. The molecule has 1 N–H and O–H groups in total. The Hall–Kier alpha value is -1.02. The highest BCUT2D eigenvalue weighted by atomic mass is 16.5.